The van der Waals surface area contributed by atoms with Crippen LogP contribution in [-0.4, -0.2) is 50.8 Å². The zero-order valence-corrected chi connectivity index (χ0v) is 20.1. The van der Waals surface area contributed by atoms with Crippen molar-refractivity contribution in [3.63, 3.8) is 0 Å². The van der Waals surface area contributed by atoms with Gasteiger partial charge in [-0.15, -0.1) is 5.10 Å². The number of benzene rings is 2. The lowest BCUT2D eigenvalue weighted by molar-refractivity contribution is 0.309. The van der Waals surface area contributed by atoms with Crippen molar-refractivity contribution in [2.75, 3.05) is 13.1 Å². The summed E-state index contributed by atoms with van der Waals surface area (Å²) < 4.78 is 29.4. The van der Waals surface area contributed by atoms with Crippen molar-refractivity contribution >= 4 is 32.8 Å². The molecule has 1 saturated heterocycles. The predicted octanol–water partition coefficient (Wildman–Crippen LogP) is 3.09. The summed E-state index contributed by atoms with van der Waals surface area (Å²) in [5, 5.41) is 8.70. The first-order valence-electron chi connectivity index (χ1n) is 11.0. The van der Waals surface area contributed by atoms with Crippen LogP contribution < -0.4 is 5.56 Å². The molecule has 0 spiro atoms. The standard InChI is InChI=1S/C23H23ClN6O3S/c1-15-7-9-19(10-8-15)34(32,33)29-11-3-5-17(14-29)21-25-22-20(23(31)26-21)27-28-30(22)13-16-4-2-6-18(24)12-16/h2,4,6-10,12,17H,3,5,11,13-14H2,1H3,(H,25,26,31)/t17-/m1/s1. The van der Waals surface area contributed by atoms with Crippen LogP contribution in [-0.2, 0) is 16.6 Å². The highest BCUT2D eigenvalue weighted by molar-refractivity contribution is 7.89. The van der Waals surface area contributed by atoms with Gasteiger partial charge in [-0.2, -0.15) is 4.31 Å². The van der Waals surface area contributed by atoms with Gasteiger partial charge in [0.2, 0.25) is 10.0 Å². The number of aromatic nitrogens is 5. The van der Waals surface area contributed by atoms with E-state index in [9.17, 15) is 13.2 Å². The smallest absolute Gasteiger partial charge is 0.281 e. The molecule has 0 unspecified atom stereocenters. The molecular formula is C23H23ClN6O3S. The van der Waals surface area contributed by atoms with Crippen molar-refractivity contribution in [3.05, 3.63) is 80.9 Å². The van der Waals surface area contributed by atoms with Gasteiger partial charge in [0.05, 0.1) is 11.4 Å². The Hall–Kier alpha value is -3.08. The Morgan fingerprint density at radius 2 is 1.97 bits per heavy atom. The van der Waals surface area contributed by atoms with Gasteiger partial charge in [0, 0.05) is 24.0 Å². The lowest BCUT2D eigenvalue weighted by atomic mass is 9.99. The molecule has 1 atom stereocenters. The summed E-state index contributed by atoms with van der Waals surface area (Å²) in [6.07, 6.45) is 1.38. The largest absolute Gasteiger partial charge is 0.308 e. The molecule has 0 bridgehead atoms. The first-order valence-corrected chi connectivity index (χ1v) is 12.8. The van der Waals surface area contributed by atoms with Crippen LogP contribution in [0, 0.1) is 6.92 Å². The Morgan fingerprint density at radius 1 is 1.18 bits per heavy atom. The van der Waals surface area contributed by atoms with Crippen LogP contribution in [0.1, 0.15) is 35.7 Å². The number of nitrogens with one attached hydrogen (secondary N) is 1. The number of hydrogen-bond donors (Lipinski definition) is 1. The third kappa shape index (κ3) is 4.36. The van der Waals surface area contributed by atoms with Crippen LogP contribution in [0.15, 0.2) is 58.2 Å². The Labute approximate surface area is 201 Å². The summed E-state index contributed by atoms with van der Waals surface area (Å²) in [6, 6.07) is 14.2. The first kappa shape index (κ1) is 22.7. The molecule has 9 nitrogen and oxygen atoms in total. The van der Waals surface area contributed by atoms with Gasteiger partial charge >= 0.3 is 0 Å². The molecule has 1 aliphatic heterocycles. The van der Waals surface area contributed by atoms with E-state index in [1.54, 1.807) is 35.0 Å². The molecule has 1 aliphatic rings. The average Bonchev–Trinajstić information content (AvgIpc) is 3.22. The van der Waals surface area contributed by atoms with Crippen LogP contribution in [0.3, 0.4) is 0 Å². The van der Waals surface area contributed by atoms with Gasteiger partial charge in [-0.1, -0.05) is 46.6 Å². The second kappa shape index (κ2) is 8.94. The summed E-state index contributed by atoms with van der Waals surface area (Å²) in [4.78, 5) is 20.5. The van der Waals surface area contributed by atoms with Crippen molar-refractivity contribution < 1.29 is 8.42 Å². The van der Waals surface area contributed by atoms with Gasteiger partial charge in [0.25, 0.3) is 5.56 Å². The third-order valence-corrected chi connectivity index (χ3v) is 8.16. The molecule has 0 aliphatic carbocycles. The summed E-state index contributed by atoms with van der Waals surface area (Å²) in [5.41, 5.74) is 2.00. The molecule has 11 heteroatoms. The molecule has 5 rings (SSSR count). The van der Waals surface area contributed by atoms with Gasteiger partial charge in [-0.25, -0.2) is 18.1 Å². The van der Waals surface area contributed by atoms with E-state index in [2.05, 4.69) is 20.3 Å². The van der Waals surface area contributed by atoms with Crippen LogP contribution >= 0.6 is 11.6 Å². The summed E-state index contributed by atoms with van der Waals surface area (Å²) in [7, 11) is -3.64. The Bertz CT molecular complexity index is 1510. The molecule has 0 saturated carbocycles. The Kier molecular flexibility index (Phi) is 5.97. The van der Waals surface area contributed by atoms with Gasteiger partial charge < -0.3 is 4.98 Å². The van der Waals surface area contributed by atoms with E-state index >= 15 is 0 Å². The van der Waals surface area contributed by atoms with Crippen molar-refractivity contribution in [1.82, 2.24) is 29.3 Å². The lowest BCUT2D eigenvalue weighted by Crippen LogP contribution is -2.39. The van der Waals surface area contributed by atoms with E-state index in [1.165, 1.54) is 4.31 Å². The number of hydrogen-bond acceptors (Lipinski definition) is 6. The zero-order chi connectivity index (χ0) is 23.9. The molecule has 176 valence electrons. The molecule has 0 radical (unpaired) electrons. The van der Waals surface area contributed by atoms with Crippen molar-refractivity contribution in [2.45, 2.75) is 37.1 Å². The number of aromatic amines is 1. The molecular weight excluding hydrogens is 476 g/mol. The highest BCUT2D eigenvalue weighted by Gasteiger charge is 2.32. The minimum absolute atomic E-state index is 0.144. The minimum atomic E-state index is -3.64. The summed E-state index contributed by atoms with van der Waals surface area (Å²) >= 11 is 6.09. The van der Waals surface area contributed by atoms with E-state index in [0.717, 1.165) is 11.1 Å². The van der Waals surface area contributed by atoms with Gasteiger partial charge in [0.1, 0.15) is 5.82 Å². The molecule has 2 aromatic heterocycles. The average molecular weight is 499 g/mol. The maximum atomic E-state index is 13.2. The van der Waals surface area contributed by atoms with Crippen LogP contribution in [0.25, 0.3) is 11.2 Å². The second-order valence-corrected chi connectivity index (χ2v) is 10.9. The zero-order valence-electron chi connectivity index (χ0n) is 18.5. The van der Waals surface area contributed by atoms with E-state index in [4.69, 9.17) is 11.6 Å². The molecule has 0 amide bonds. The highest BCUT2D eigenvalue weighted by Crippen LogP contribution is 2.29. The number of H-pyrrole nitrogens is 1. The van der Waals surface area contributed by atoms with Crippen LogP contribution in [0.4, 0.5) is 0 Å². The summed E-state index contributed by atoms with van der Waals surface area (Å²) in [5.74, 6) is 0.191. The highest BCUT2D eigenvalue weighted by atomic mass is 35.5. The SMILES string of the molecule is Cc1ccc(S(=O)(=O)N2CCC[C@@H](c3nc4c(nnn4Cc4cccc(Cl)c4)c(=O)[nH]3)C2)cc1. The third-order valence-electron chi connectivity index (χ3n) is 6.04. The number of aryl methyl sites for hydroxylation is 1. The fourth-order valence-corrected chi connectivity index (χ4v) is 5.97. The fourth-order valence-electron chi connectivity index (χ4n) is 4.23. The van der Waals surface area contributed by atoms with Crippen LogP contribution in [0.2, 0.25) is 5.02 Å². The fraction of sp³-hybridized carbons (Fsp3) is 0.304. The molecule has 34 heavy (non-hydrogen) atoms. The first-order chi connectivity index (χ1) is 16.3. The molecule has 4 aromatic rings. The second-order valence-electron chi connectivity index (χ2n) is 8.52. The normalized spacial score (nSPS) is 17.3. The molecule has 3 heterocycles. The van der Waals surface area contributed by atoms with Gasteiger partial charge in [0.15, 0.2) is 11.2 Å². The molecule has 2 aromatic carbocycles. The van der Waals surface area contributed by atoms with Crippen LogP contribution in [0.5, 0.6) is 0 Å². The Balaban J connectivity index is 1.45. The Morgan fingerprint density at radius 3 is 2.74 bits per heavy atom. The van der Waals surface area contributed by atoms with E-state index < -0.39 is 15.6 Å². The predicted molar refractivity (Wildman–Crippen MR) is 128 cm³/mol. The lowest BCUT2D eigenvalue weighted by Gasteiger charge is -2.31. The van der Waals surface area contributed by atoms with Crippen molar-refractivity contribution in [2.24, 2.45) is 0 Å². The minimum Gasteiger partial charge on any atom is -0.308 e. The number of sulfonamides is 1. The quantitative estimate of drug-likeness (QED) is 0.452. The monoisotopic (exact) mass is 498 g/mol. The number of halogens is 1. The van der Waals surface area contributed by atoms with E-state index in [-0.39, 0.29) is 22.9 Å². The molecule has 1 N–H and O–H groups in total. The summed E-state index contributed by atoms with van der Waals surface area (Å²) in [6.45, 7) is 2.93. The number of nitrogens with zero attached hydrogens (tertiary/aromatic N) is 5. The number of rotatable bonds is 5. The number of fused-ring (bicyclic) bond motifs is 1. The van der Waals surface area contributed by atoms with E-state index in [0.29, 0.717) is 42.4 Å². The van der Waals surface area contributed by atoms with Crippen molar-refractivity contribution in [1.29, 1.82) is 0 Å². The van der Waals surface area contributed by atoms with Gasteiger partial charge in [-0.05, 0) is 49.6 Å². The maximum Gasteiger partial charge on any atom is 0.281 e. The van der Waals surface area contributed by atoms with Crippen molar-refractivity contribution in [3.8, 4) is 0 Å². The maximum absolute atomic E-state index is 13.2. The number of piperidine rings is 1. The topological polar surface area (TPSA) is 114 Å². The van der Waals surface area contributed by atoms with Gasteiger partial charge in [-0.3, -0.25) is 4.79 Å². The van der Waals surface area contributed by atoms with E-state index in [1.807, 2.05) is 25.1 Å². The molecule has 1 fully saturated rings.